The van der Waals surface area contributed by atoms with Crippen LogP contribution in [0.25, 0.3) is 16.3 Å². The first-order chi connectivity index (χ1) is 10.3. The predicted octanol–water partition coefficient (Wildman–Crippen LogP) is 4.87. The molecule has 1 fully saturated rings. The molecule has 2 aromatic rings. The Bertz CT molecular complexity index is 685. The smallest absolute Gasteiger partial charge is 0.0287 e. The summed E-state index contributed by atoms with van der Waals surface area (Å²) in [6.45, 7) is 3.55. The quantitative estimate of drug-likeness (QED) is 0.773. The normalized spacial score (nSPS) is 25.3. The lowest BCUT2D eigenvalue weighted by molar-refractivity contribution is 0.213. The molecule has 0 aliphatic carbocycles. The van der Waals surface area contributed by atoms with Gasteiger partial charge in [-0.2, -0.15) is 0 Å². The van der Waals surface area contributed by atoms with Crippen LogP contribution in [0, 0.1) is 0 Å². The highest BCUT2D eigenvalue weighted by Gasteiger charge is 2.35. The molecule has 2 aliphatic heterocycles. The summed E-state index contributed by atoms with van der Waals surface area (Å²) in [5.41, 5.74) is 3.00. The van der Waals surface area contributed by atoms with Crippen molar-refractivity contribution in [2.75, 3.05) is 6.54 Å². The molecule has 1 nitrogen and oxygen atoms in total. The van der Waals surface area contributed by atoms with Gasteiger partial charge in [-0.3, -0.25) is 4.90 Å². The Labute approximate surface area is 127 Å². The van der Waals surface area contributed by atoms with Crippen molar-refractivity contribution in [2.24, 2.45) is 0 Å². The lowest BCUT2D eigenvalue weighted by atomic mass is 9.93. The summed E-state index contributed by atoms with van der Waals surface area (Å²) in [5, 5.41) is 2.70. The summed E-state index contributed by atoms with van der Waals surface area (Å²) >= 11 is 0. The molecule has 1 heteroatoms. The third-order valence-corrected chi connectivity index (χ3v) is 5.14. The molecule has 1 saturated heterocycles. The third kappa shape index (κ3) is 2.30. The average molecular weight is 277 g/mol. The van der Waals surface area contributed by atoms with Crippen molar-refractivity contribution >= 4 is 16.3 Å². The topological polar surface area (TPSA) is 3.24 Å². The maximum absolute atomic E-state index is 2.73. The fourth-order valence-corrected chi connectivity index (χ4v) is 4.13. The van der Waals surface area contributed by atoms with E-state index in [4.69, 9.17) is 0 Å². The highest BCUT2D eigenvalue weighted by Crippen LogP contribution is 2.39. The molecule has 0 saturated carbocycles. The summed E-state index contributed by atoms with van der Waals surface area (Å²) in [7, 11) is 0. The molecule has 2 aromatic carbocycles. The lowest BCUT2D eigenvalue weighted by Crippen LogP contribution is -2.38. The van der Waals surface area contributed by atoms with Crippen LogP contribution in [0.2, 0.25) is 0 Å². The van der Waals surface area contributed by atoms with Crippen molar-refractivity contribution in [2.45, 2.75) is 44.7 Å². The largest absolute Gasteiger partial charge is 0.294 e. The standard InChI is InChI=1S/C20H23N/c1-2-11-21-19-9-10-20(21)14-18(13-19)17-8-7-15-5-3-4-6-16(15)12-17/h3-8,12-13,19-20H,2,9-11,14H2,1H3. The van der Waals surface area contributed by atoms with Crippen LogP contribution in [0.1, 0.15) is 38.2 Å². The van der Waals surface area contributed by atoms with E-state index in [1.165, 1.54) is 48.6 Å². The second-order valence-electron chi connectivity index (χ2n) is 6.49. The molecule has 2 aliphatic rings. The van der Waals surface area contributed by atoms with Gasteiger partial charge in [-0.05, 0) is 60.2 Å². The highest BCUT2D eigenvalue weighted by molar-refractivity contribution is 5.86. The first-order valence-corrected chi connectivity index (χ1v) is 8.31. The zero-order valence-electron chi connectivity index (χ0n) is 12.8. The van der Waals surface area contributed by atoms with Crippen LogP contribution in [0.4, 0.5) is 0 Å². The fourth-order valence-electron chi connectivity index (χ4n) is 4.13. The first kappa shape index (κ1) is 13.1. The first-order valence-electron chi connectivity index (χ1n) is 8.31. The van der Waals surface area contributed by atoms with Crippen LogP contribution in [-0.2, 0) is 0 Å². The van der Waals surface area contributed by atoms with Crippen LogP contribution in [0.3, 0.4) is 0 Å². The summed E-state index contributed by atoms with van der Waals surface area (Å²) in [5.74, 6) is 0. The number of benzene rings is 2. The zero-order valence-corrected chi connectivity index (χ0v) is 12.8. The highest BCUT2D eigenvalue weighted by atomic mass is 15.2. The number of rotatable bonds is 3. The molecular weight excluding hydrogens is 254 g/mol. The molecule has 0 amide bonds. The van der Waals surface area contributed by atoms with E-state index in [1.54, 1.807) is 5.57 Å². The minimum Gasteiger partial charge on any atom is -0.294 e. The molecule has 21 heavy (non-hydrogen) atoms. The molecule has 108 valence electrons. The molecule has 0 N–H and O–H groups in total. The molecule has 2 unspecified atom stereocenters. The van der Waals surface area contributed by atoms with Gasteiger partial charge in [-0.1, -0.05) is 49.4 Å². The molecule has 2 atom stereocenters. The van der Waals surface area contributed by atoms with E-state index in [-0.39, 0.29) is 0 Å². The summed E-state index contributed by atoms with van der Waals surface area (Å²) in [4.78, 5) is 2.73. The van der Waals surface area contributed by atoms with Gasteiger partial charge in [0, 0.05) is 12.1 Å². The minimum absolute atomic E-state index is 0.685. The number of fused-ring (bicyclic) bond motifs is 3. The molecule has 2 heterocycles. The van der Waals surface area contributed by atoms with Gasteiger partial charge in [0.25, 0.3) is 0 Å². The van der Waals surface area contributed by atoms with Crippen LogP contribution in [0.15, 0.2) is 48.5 Å². The van der Waals surface area contributed by atoms with Crippen LogP contribution in [-0.4, -0.2) is 23.5 Å². The van der Waals surface area contributed by atoms with E-state index >= 15 is 0 Å². The molecule has 0 radical (unpaired) electrons. The van der Waals surface area contributed by atoms with Gasteiger partial charge in [0.2, 0.25) is 0 Å². The Balaban J connectivity index is 1.68. The van der Waals surface area contributed by atoms with Crippen molar-refractivity contribution in [3.63, 3.8) is 0 Å². The van der Waals surface area contributed by atoms with Gasteiger partial charge < -0.3 is 0 Å². The van der Waals surface area contributed by atoms with Crippen molar-refractivity contribution < 1.29 is 0 Å². The van der Waals surface area contributed by atoms with Crippen molar-refractivity contribution in [3.8, 4) is 0 Å². The van der Waals surface area contributed by atoms with Crippen LogP contribution < -0.4 is 0 Å². The van der Waals surface area contributed by atoms with E-state index in [0.717, 1.165) is 6.04 Å². The lowest BCUT2D eigenvalue weighted by Gasteiger charge is -2.33. The maximum atomic E-state index is 2.73. The van der Waals surface area contributed by atoms with E-state index in [0.29, 0.717) is 6.04 Å². The molecule has 2 bridgehead atoms. The number of nitrogens with zero attached hydrogens (tertiary/aromatic N) is 1. The monoisotopic (exact) mass is 277 g/mol. The minimum atomic E-state index is 0.685. The molecular formula is C20H23N. The van der Waals surface area contributed by atoms with Crippen LogP contribution in [0.5, 0.6) is 0 Å². The number of hydrogen-bond acceptors (Lipinski definition) is 1. The van der Waals surface area contributed by atoms with E-state index < -0.39 is 0 Å². The molecule has 0 aromatic heterocycles. The third-order valence-electron chi connectivity index (χ3n) is 5.14. The SMILES string of the molecule is CCCN1C2C=C(c3ccc4ccccc4c3)CC1CC2. The fraction of sp³-hybridized carbons (Fsp3) is 0.400. The van der Waals surface area contributed by atoms with Gasteiger partial charge in [0.1, 0.15) is 0 Å². The average Bonchev–Trinajstić information content (AvgIpc) is 2.76. The Morgan fingerprint density at radius 1 is 1.05 bits per heavy atom. The zero-order chi connectivity index (χ0) is 14.2. The van der Waals surface area contributed by atoms with Gasteiger partial charge in [0.05, 0.1) is 0 Å². The van der Waals surface area contributed by atoms with Gasteiger partial charge >= 0.3 is 0 Å². The predicted molar refractivity (Wildman–Crippen MR) is 90.3 cm³/mol. The Morgan fingerprint density at radius 2 is 1.90 bits per heavy atom. The summed E-state index contributed by atoms with van der Waals surface area (Å²) in [6.07, 6.45) is 7.77. The van der Waals surface area contributed by atoms with E-state index in [1.807, 2.05) is 0 Å². The van der Waals surface area contributed by atoms with E-state index in [2.05, 4.69) is 60.4 Å². The van der Waals surface area contributed by atoms with E-state index in [9.17, 15) is 0 Å². The Hall–Kier alpha value is -1.60. The van der Waals surface area contributed by atoms with Gasteiger partial charge in [-0.25, -0.2) is 0 Å². The van der Waals surface area contributed by atoms with Crippen molar-refractivity contribution in [1.82, 2.24) is 4.90 Å². The molecule has 4 rings (SSSR count). The van der Waals surface area contributed by atoms with Crippen molar-refractivity contribution in [3.05, 3.63) is 54.1 Å². The summed E-state index contributed by atoms with van der Waals surface area (Å²) in [6, 6.07) is 17.1. The Morgan fingerprint density at radius 3 is 2.71 bits per heavy atom. The maximum Gasteiger partial charge on any atom is 0.0287 e. The van der Waals surface area contributed by atoms with Gasteiger partial charge in [0.15, 0.2) is 0 Å². The van der Waals surface area contributed by atoms with Gasteiger partial charge in [-0.15, -0.1) is 0 Å². The second kappa shape index (κ2) is 5.31. The number of hydrogen-bond donors (Lipinski definition) is 0. The summed E-state index contributed by atoms with van der Waals surface area (Å²) < 4.78 is 0. The van der Waals surface area contributed by atoms with Crippen LogP contribution >= 0.6 is 0 Å². The molecule has 0 spiro atoms. The Kier molecular flexibility index (Phi) is 3.31. The second-order valence-corrected chi connectivity index (χ2v) is 6.49. The van der Waals surface area contributed by atoms with Crippen molar-refractivity contribution in [1.29, 1.82) is 0 Å².